The Bertz CT molecular complexity index is 1330. The molecule has 0 radical (unpaired) electrons. The van der Waals surface area contributed by atoms with Crippen LogP contribution in [0.5, 0.6) is 0 Å². The minimum absolute atomic E-state index is 0.0744. The van der Waals surface area contributed by atoms with Gasteiger partial charge in [-0.05, 0) is 57.4 Å². The number of likely N-dealkylation sites (tertiary alicyclic amines) is 1. The molecule has 0 unspecified atom stereocenters. The van der Waals surface area contributed by atoms with E-state index >= 15 is 0 Å². The number of esters is 1. The third-order valence-electron chi connectivity index (χ3n) is 11.0. The first-order valence-corrected chi connectivity index (χ1v) is 18.4. The number of benzene rings is 1. The average molecular weight is 678 g/mol. The minimum Gasteiger partial charge on any atom is -0.455 e. The van der Waals surface area contributed by atoms with Crippen molar-refractivity contribution in [2.24, 2.45) is 11.8 Å². The quantitative estimate of drug-likeness (QED) is 0.127. The highest BCUT2D eigenvalue weighted by Gasteiger charge is 2.75. The maximum Gasteiger partial charge on any atom is 0.313 e. The third kappa shape index (κ3) is 7.80. The van der Waals surface area contributed by atoms with Crippen LogP contribution in [0.2, 0.25) is 0 Å². The summed E-state index contributed by atoms with van der Waals surface area (Å²) in [6.07, 6.45) is 12.1. The number of carbonyl (C=O) groups excluding carboxylic acids is 4. The summed E-state index contributed by atoms with van der Waals surface area (Å²) in [5.74, 6) is -2.77. The van der Waals surface area contributed by atoms with Crippen molar-refractivity contribution in [2.45, 2.75) is 126 Å². The molecule has 1 aromatic carbocycles. The van der Waals surface area contributed by atoms with Gasteiger partial charge in [0.2, 0.25) is 17.7 Å². The molecular formula is C39H55N3O7. The second-order valence-corrected chi connectivity index (χ2v) is 14.2. The molecule has 268 valence electrons. The summed E-state index contributed by atoms with van der Waals surface area (Å²) in [7, 11) is 0. The smallest absolute Gasteiger partial charge is 0.313 e. The molecule has 2 N–H and O–H groups in total. The van der Waals surface area contributed by atoms with Gasteiger partial charge in [0.05, 0.1) is 24.0 Å². The van der Waals surface area contributed by atoms with Crippen LogP contribution in [-0.4, -0.2) is 88.1 Å². The maximum atomic E-state index is 14.8. The maximum absolute atomic E-state index is 14.8. The largest absolute Gasteiger partial charge is 0.455 e. The van der Waals surface area contributed by atoms with E-state index in [1.807, 2.05) is 42.2 Å². The van der Waals surface area contributed by atoms with Crippen molar-refractivity contribution in [3.63, 3.8) is 0 Å². The van der Waals surface area contributed by atoms with Gasteiger partial charge in [-0.25, -0.2) is 0 Å². The Morgan fingerprint density at radius 2 is 1.82 bits per heavy atom. The number of carbonyl (C=O) groups is 4. The number of aliphatic hydroxyl groups is 1. The van der Waals surface area contributed by atoms with Crippen LogP contribution in [0.1, 0.15) is 102 Å². The van der Waals surface area contributed by atoms with Gasteiger partial charge >= 0.3 is 5.97 Å². The van der Waals surface area contributed by atoms with Gasteiger partial charge in [-0.3, -0.25) is 19.2 Å². The number of rotatable bonds is 18. The van der Waals surface area contributed by atoms with E-state index in [1.165, 1.54) is 0 Å². The van der Waals surface area contributed by atoms with Crippen LogP contribution in [0.4, 0.5) is 0 Å². The van der Waals surface area contributed by atoms with Crippen LogP contribution in [-0.2, 0) is 28.7 Å². The first kappa shape index (κ1) is 36.8. The van der Waals surface area contributed by atoms with E-state index < -0.39 is 47.7 Å². The molecule has 3 amide bonds. The number of nitrogens with one attached hydrogen (secondary N) is 1. The van der Waals surface area contributed by atoms with Gasteiger partial charge in [0.15, 0.2) is 0 Å². The lowest BCUT2D eigenvalue weighted by atomic mass is 9.70. The van der Waals surface area contributed by atoms with E-state index in [1.54, 1.807) is 17.1 Å². The van der Waals surface area contributed by atoms with Gasteiger partial charge < -0.3 is 29.7 Å². The Hall–Kier alpha value is -3.50. The summed E-state index contributed by atoms with van der Waals surface area (Å²) in [5.41, 5.74) is -0.386. The second kappa shape index (κ2) is 16.9. The zero-order valence-electron chi connectivity index (χ0n) is 29.1. The van der Waals surface area contributed by atoms with Crippen LogP contribution < -0.4 is 5.32 Å². The Morgan fingerprint density at radius 3 is 2.51 bits per heavy atom. The Balaban J connectivity index is 1.43. The van der Waals surface area contributed by atoms with Crippen LogP contribution in [0, 0.1) is 11.8 Å². The SMILES string of the molecule is C=CCCC(=O)N[C@H](C)[C@@H](OC(=O)[C@@H]1[C@@H]2CC[C@]3(O2)[C@H](C(=O)N(CC=C)C2CCCCC2)N(CCCCCCO)C(=O)[C@@H]13)c1ccccc1. The number of nitrogens with zero attached hydrogens (tertiary/aromatic N) is 2. The van der Waals surface area contributed by atoms with Crippen molar-refractivity contribution in [3.05, 3.63) is 61.2 Å². The van der Waals surface area contributed by atoms with Gasteiger partial charge in [-0.1, -0.05) is 74.6 Å². The van der Waals surface area contributed by atoms with E-state index in [4.69, 9.17) is 9.47 Å². The van der Waals surface area contributed by atoms with Crippen molar-refractivity contribution in [3.8, 4) is 0 Å². The Labute approximate surface area is 291 Å². The lowest BCUT2D eigenvalue weighted by molar-refractivity contribution is -0.162. The predicted molar refractivity (Wildman–Crippen MR) is 186 cm³/mol. The van der Waals surface area contributed by atoms with Crippen LogP contribution in [0.3, 0.4) is 0 Å². The van der Waals surface area contributed by atoms with Crippen LogP contribution in [0.25, 0.3) is 0 Å². The molecule has 1 aromatic rings. The molecule has 49 heavy (non-hydrogen) atoms. The number of allylic oxidation sites excluding steroid dienone is 1. The molecule has 0 aromatic heterocycles. The Kier molecular flexibility index (Phi) is 12.7. The highest BCUT2D eigenvalue weighted by Crippen LogP contribution is 2.59. The molecule has 4 aliphatic rings. The molecule has 10 heteroatoms. The van der Waals surface area contributed by atoms with E-state index in [0.29, 0.717) is 45.2 Å². The monoisotopic (exact) mass is 677 g/mol. The number of amides is 3. The fraction of sp³-hybridized carbons (Fsp3) is 0.641. The van der Waals surface area contributed by atoms with E-state index in [9.17, 15) is 24.3 Å². The highest BCUT2D eigenvalue weighted by molar-refractivity contribution is 5.98. The summed E-state index contributed by atoms with van der Waals surface area (Å²) in [5, 5.41) is 12.2. The van der Waals surface area contributed by atoms with E-state index in [-0.39, 0.29) is 36.8 Å². The van der Waals surface area contributed by atoms with Gasteiger partial charge in [0.1, 0.15) is 17.7 Å². The first-order chi connectivity index (χ1) is 23.8. The van der Waals surface area contributed by atoms with Gasteiger partial charge in [-0.2, -0.15) is 0 Å². The fourth-order valence-corrected chi connectivity index (χ4v) is 8.74. The summed E-state index contributed by atoms with van der Waals surface area (Å²) in [4.78, 5) is 59.9. The summed E-state index contributed by atoms with van der Waals surface area (Å²) < 4.78 is 13.0. The topological polar surface area (TPSA) is 125 Å². The van der Waals surface area contributed by atoms with Gasteiger partial charge in [0, 0.05) is 32.2 Å². The molecule has 3 saturated heterocycles. The van der Waals surface area contributed by atoms with Crippen molar-refractivity contribution in [1.29, 1.82) is 0 Å². The number of aliphatic hydroxyl groups excluding tert-OH is 1. The third-order valence-corrected chi connectivity index (χ3v) is 11.0. The van der Waals surface area contributed by atoms with Crippen LogP contribution >= 0.6 is 0 Å². The molecule has 1 saturated carbocycles. The van der Waals surface area contributed by atoms with E-state index in [2.05, 4.69) is 18.5 Å². The molecule has 4 fully saturated rings. The van der Waals surface area contributed by atoms with Crippen LogP contribution in [0.15, 0.2) is 55.6 Å². The molecule has 7 atom stereocenters. The lowest BCUT2D eigenvalue weighted by Crippen LogP contribution is -2.58. The second-order valence-electron chi connectivity index (χ2n) is 14.2. The van der Waals surface area contributed by atoms with Gasteiger partial charge in [-0.15, -0.1) is 13.2 Å². The van der Waals surface area contributed by atoms with E-state index in [0.717, 1.165) is 50.5 Å². The number of fused-ring (bicyclic) bond motifs is 1. The molecule has 3 heterocycles. The number of hydrogen-bond acceptors (Lipinski definition) is 7. The predicted octanol–water partition coefficient (Wildman–Crippen LogP) is 5.02. The number of ether oxygens (including phenoxy) is 2. The first-order valence-electron chi connectivity index (χ1n) is 18.4. The summed E-state index contributed by atoms with van der Waals surface area (Å²) in [6.45, 7) is 10.3. The lowest BCUT2D eigenvalue weighted by Gasteiger charge is -2.40. The van der Waals surface area contributed by atoms with Crippen molar-refractivity contribution < 1.29 is 33.8 Å². The van der Waals surface area contributed by atoms with Crippen molar-refractivity contribution in [2.75, 3.05) is 19.7 Å². The molecule has 3 aliphatic heterocycles. The highest BCUT2D eigenvalue weighted by atomic mass is 16.6. The molecule has 10 nitrogen and oxygen atoms in total. The summed E-state index contributed by atoms with van der Waals surface area (Å²) >= 11 is 0. The van der Waals surface area contributed by atoms with Crippen molar-refractivity contribution >= 4 is 23.7 Å². The zero-order valence-corrected chi connectivity index (χ0v) is 29.1. The molecule has 1 aliphatic carbocycles. The summed E-state index contributed by atoms with van der Waals surface area (Å²) in [6, 6.07) is 8.00. The zero-order chi connectivity index (χ0) is 35.0. The Morgan fingerprint density at radius 1 is 1.08 bits per heavy atom. The molecule has 1 spiro atoms. The average Bonchev–Trinajstić information content (AvgIpc) is 3.76. The standard InChI is InChI=1S/C39H55N3O7/c1-4-6-21-31(44)40-27(3)34(28-17-11-9-12-18-28)48-38(47)32-30-22-23-39(49-30)33(32)36(45)42(25-15-7-8-16-26-43)35(39)37(46)41(24-5-2)29-19-13-10-14-20-29/h4-5,9,11-12,17-18,27,29-30,32-35,43H,1-2,6-8,10,13-16,19-26H2,3H3,(H,40,44)/t27-,30+,32-,33-,34-,35+,39-/m1/s1. The molecule has 5 rings (SSSR count). The normalized spacial score (nSPS) is 27.3. The van der Waals surface area contributed by atoms with Gasteiger partial charge in [0.25, 0.3) is 0 Å². The minimum atomic E-state index is -1.12. The number of unbranched alkanes of at least 4 members (excludes halogenated alkanes) is 3. The fourth-order valence-electron chi connectivity index (χ4n) is 8.74. The number of hydrogen-bond donors (Lipinski definition) is 2. The molecule has 2 bridgehead atoms. The molecular weight excluding hydrogens is 622 g/mol. The van der Waals surface area contributed by atoms with Crippen molar-refractivity contribution in [1.82, 2.24) is 15.1 Å².